The Morgan fingerprint density at radius 2 is 1.21 bits per heavy atom. The summed E-state index contributed by atoms with van der Waals surface area (Å²) >= 11 is 0. The molecule has 10 heteroatoms. The summed E-state index contributed by atoms with van der Waals surface area (Å²) in [6.07, 6.45) is 11.5. The van der Waals surface area contributed by atoms with Crippen molar-refractivity contribution in [2.24, 2.45) is 0 Å². The molecule has 0 spiro atoms. The molecule has 2 aromatic heterocycles. The van der Waals surface area contributed by atoms with Crippen LogP contribution in [0.4, 0.5) is 0 Å². The fourth-order valence-corrected chi connectivity index (χ4v) is 5.08. The summed E-state index contributed by atoms with van der Waals surface area (Å²) in [5, 5.41) is 22.1. The topological polar surface area (TPSA) is 89.2 Å². The molecule has 0 radical (unpaired) electrons. The molecule has 10 nitrogen and oxygen atoms in total. The third-order valence-electron chi connectivity index (χ3n) is 7.02. The number of hydrogen-bond donors (Lipinski definition) is 1. The number of benzene rings is 3. The minimum absolute atomic E-state index is 0.0148. The number of rotatable bonds is 11. The zero-order chi connectivity index (χ0) is 28.8. The maximum Gasteiger partial charge on any atom is 0.202 e. The predicted molar refractivity (Wildman–Crippen MR) is 158 cm³/mol. The Balaban J connectivity index is 1.43. The highest BCUT2D eigenvalue weighted by molar-refractivity contribution is 5.38. The number of likely N-dealkylation sites (N-methyl/N-ethyl adjacent to an activating group) is 1. The van der Waals surface area contributed by atoms with Gasteiger partial charge in [-0.1, -0.05) is 107 Å². The van der Waals surface area contributed by atoms with Crippen molar-refractivity contribution in [3.8, 4) is 12.3 Å². The highest BCUT2D eigenvalue weighted by atomic mass is 16.5. The Labute approximate surface area is 244 Å². The lowest BCUT2D eigenvalue weighted by molar-refractivity contribution is -0.00145. The number of terminal acetylenes is 1. The van der Waals surface area contributed by atoms with Crippen LogP contribution in [0.2, 0.25) is 0 Å². The van der Waals surface area contributed by atoms with E-state index in [1.54, 1.807) is 9.36 Å². The highest BCUT2D eigenvalue weighted by Crippen LogP contribution is 2.41. The van der Waals surface area contributed by atoms with Gasteiger partial charge in [-0.05, 0) is 16.7 Å². The summed E-state index contributed by atoms with van der Waals surface area (Å²) in [6.45, 7) is 1.74. The molecule has 0 aliphatic carbocycles. The number of ether oxygens (including phenoxy) is 1. The molecule has 6 rings (SSSR count). The number of nitrogens with one attached hydrogen (secondary N) is 1. The van der Waals surface area contributed by atoms with Gasteiger partial charge in [0.1, 0.15) is 18.0 Å². The molecule has 0 fully saturated rings. The first-order valence-electron chi connectivity index (χ1n) is 13.6. The lowest BCUT2D eigenvalue weighted by Gasteiger charge is -2.33. The predicted octanol–water partition coefficient (Wildman–Crippen LogP) is 3.57. The van der Waals surface area contributed by atoms with E-state index in [4.69, 9.17) is 11.2 Å². The van der Waals surface area contributed by atoms with E-state index in [-0.39, 0.29) is 6.61 Å². The van der Waals surface area contributed by atoms with E-state index in [9.17, 15) is 0 Å². The van der Waals surface area contributed by atoms with Crippen LogP contribution < -0.4 is 5.53 Å². The second kappa shape index (κ2) is 12.1. The lowest BCUT2D eigenvalue weighted by Crippen LogP contribution is -2.44. The van der Waals surface area contributed by atoms with Crippen LogP contribution in [-0.4, -0.2) is 53.7 Å². The summed E-state index contributed by atoms with van der Waals surface area (Å²) in [5.41, 5.74) is 7.28. The van der Waals surface area contributed by atoms with E-state index >= 15 is 0 Å². The molecule has 0 saturated carbocycles. The average Bonchev–Trinajstić information content (AvgIpc) is 3.77. The maximum atomic E-state index is 6.59. The molecule has 0 atom stereocenters. The van der Waals surface area contributed by atoms with E-state index < -0.39 is 5.60 Å². The zero-order valence-electron chi connectivity index (χ0n) is 23.3. The highest BCUT2D eigenvalue weighted by Gasteiger charge is 2.49. The van der Waals surface area contributed by atoms with Crippen LogP contribution in [0.3, 0.4) is 0 Å². The van der Waals surface area contributed by atoms with Crippen molar-refractivity contribution in [3.63, 3.8) is 0 Å². The molecule has 3 heterocycles. The van der Waals surface area contributed by atoms with Gasteiger partial charge in [0.25, 0.3) is 0 Å². The first kappa shape index (κ1) is 27.0. The molecule has 0 saturated heterocycles. The normalized spacial score (nSPS) is 13.3. The molecular weight excluding hydrogens is 526 g/mol. The summed E-state index contributed by atoms with van der Waals surface area (Å²) in [4.78, 5) is 0. The molecule has 210 valence electrons. The van der Waals surface area contributed by atoms with Crippen LogP contribution in [-0.2, 0) is 30.0 Å². The molecular formula is C32H31N9O. The molecule has 5 aromatic rings. The van der Waals surface area contributed by atoms with E-state index in [1.165, 1.54) is 0 Å². The number of aromatic nitrogens is 6. The van der Waals surface area contributed by atoms with Crippen LogP contribution in [0.15, 0.2) is 115 Å². The van der Waals surface area contributed by atoms with Crippen LogP contribution in [0.1, 0.15) is 28.1 Å². The largest absolute Gasteiger partial charge is 0.343 e. The second-order valence-corrected chi connectivity index (χ2v) is 10.0. The standard InChI is InChI=1S/C32H31N9O/c1-3-19-42-32(29-23-39(35-33-29)20-26-13-7-4-8-14-26,30-24-40(36-34-30)21-27-15-9-5-10-16-27)31-25-41(37-38(31)2)22-28-17-11-6-12-18-28/h1,4-18,23-25,37H,19-22H2,2H3. The summed E-state index contributed by atoms with van der Waals surface area (Å²) < 4.78 is 10.2. The van der Waals surface area contributed by atoms with Crippen molar-refractivity contribution < 1.29 is 4.74 Å². The lowest BCUT2D eigenvalue weighted by atomic mass is 9.91. The number of hydrogen-bond acceptors (Lipinski definition) is 8. The van der Waals surface area contributed by atoms with Gasteiger partial charge in [0.2, 0.25) is 5.60 Å². The monoisotopic (exact) mass is 557 g/mol. The molecule has 1 N–H and O–H groups in total. The van der Waals surface area contributed by atoms with E-state index in [0.717, 1.165) is 22.4 Å². The summed E-state index contributed by atoms with van der Waals surface area (Å²) in [5.74, 6) is 2.63. The quantitative estimate of drug-likeness (QED) is 0.247. The van der Waals surface area contributed by atoms with Gasteiger partial charge in [-0.25, -0.2) is 9.36 Å². The van der Waals surface area contributed by atoms with Crippen molar-refractivity contribution >= 4 is 0 Å². The van der Waals surface area contributed by atoms with Gasteiger partial charge < -0.3 is 4.74 Å². The van der Waals surface area contributed by atoms with Gasteiger partial charge in [-0.3, -0.25) is 10.0 Å². The van der Waals surface area contributed by atoms with Gasteiger partial charge in [-0.2, -0.15) is 0 Å². The third-order valence-corrected chi connectivity index (χ3v) is 7.02. The SMILES string of the molecule is C#CCOC(C1=CN(Cc2ccccc2)NN1C)(c1cn(Cc2ccccc2)nn1)c1cn(Cc2ccccc2)nn1. The number of hydrazine groups is 2. The Morgan fingerprint density at radius 3 is 1.69 bits per heavy atom. The van der Waals surface area contributed by atoms with E-state index in [0.29, 0.717) is 31.0 Å². The molecule has 0 amide bonds. The average molecular weight is 558 g/mol. The van der Waals surface area contributed by atoms with Crippen molar-refractivity contribution in [2.45, 2.75) is 25.2 Å². The van der Waals surface area contributed by atoms with Gasteiger partial charge in [0, 0.05) is 13.2 Å². The second-order valence-electron chi connectivity index (χ2n) is 10.0. The van der Waals surface area contributed by atoms with Crippen molar-refractivity contribution in [3.05, 3.63) is 143 Å². The molecule has 42 heavy (non-hydrogen) atoms. The first-order chi connectivity index (χ1) is 20.6. The Hall–Kier alpha value is -5.24. The zero-order valence-corrected chi connectivity index (χ0v) is 23.3. The molecule has 0 bridgehead atoms. The minimum atomic E-state index is -1.30. The smallest absolute Gasteiger partial charge is 0.202 e. The van der Waals surface area contributed by atoms with Crippen molar-refractivity contribution in [2.75, 3.05) is 13.7 Å². The van der Waals surface area contributed by atoms with E-state index in [1.807, 2.05) is 90.3 Å². The van der Waals surface area contributed by atoms with Crippen LogP contribution in [0.25, 0.3) is 0 Å². The fraction of sp³-hybridized carbons (Fsp3) is 0.188. The Morgan fingerprint density at radius 1 is 0.738 bits per heavy atom. The van der Waals surface area contributed by atoms with Crippen LogP contribution in [0.5, 0.6) is 0 Å². The molecule has 1 aliphatic rings. The molecule has 0 unspecified atom stereocenters. The summed E-state index contributed by atoms with van der Waals surface area (Å²) in [6, 6.07) is 30.4. The maximum absolute atomic E-state index is 6.59. The summed E-state index contributed by atoms with van der Waals surface area (Å²) in [7, 11) is 1.92. The van der Waals surface area contributed by atoms with Crippen molar-refractivity contribution in [1.82, 2.24) is 45.5 Å². The Bertz CT molecular complexity index is 1590. The third kappa shape index (κ3) is 5.65. The van der Waals surface area contributed by atoms with Crippen LogP contribution >= 0.6 is 0 Å². The van der Waals surface area contributed by atoms with Crippen molar-refractivity contribution in [1.29, 1.82) is 0 Å². The van der Waals surface area contributed by atoms with Gasteiger partial charge in [0.05, 0.1) is 37.7 Å². The Kier molecular flexibility index (Phi) is 7.76. The van der Waals surface area contributed by atoms with Gasteiger partial charge >= 0.3 is 0 Å². The van der Waals surface area contributed by atoms with E-state index in [2.05, 4.69) is 68.5 Å². The van der Waals surface area contributed by atoms with Crippen LogP contribution in [0, 0.1) is 12.3 Å². The first-order valence-corrected chi connectivity index (χ1v) is 13.6. The minimum Gasteiger partial charge on any atom is -0.343 e. The fourth-order valence-electron chi connectivity index (χ4n) is 5.08. The van der Waals surface area contributed by atoms with Gasteiger partial charge in [-0.15, -0.1) is 22.2 Å². The molecule has 1 aliphatic heterocycles. The number of nitrogens with zero attached hydrogens (tertiary/aromatic N) is 8. The van der Waals surface area contributed by atoms with Gasteiger partial charge in [0.15, 0.2) is 0 Å². The molecule has 3 aromatic carbocycles.